The second-order valence-electron chi connectivity index (χ2n) is 8.45. The van der Waals surface area contributed by atoms with Crippen molar-refractivity contribution >= 4 is 38.9 Å². The molecule has 0 unspecified atom stereocenters. The molecule has 0 aliphatic carbocycles. The number of anilines is 3. The first-order valence-corrected chi connectivity index (χ1v) is 12.9. The molecule has 0 bridgehead atoms. The molecular weight excluding hydrogens is 450 g/mol. The van der Waals surface area contributed by atoms with Gasteiger partial charge in [-0.1, -0.05) is 29.8 Å². The van der Waals surface area contributed by atoms with Crippen molar-refractivity contribution in [1.82, 2.24) is 0 Å². The van der Waals surface area contributed by atoms with Crippen molar-refractivity contribution in [3.05, 3.63) is 89.5 Å². The van der Waals surface area contributed by atoms with Crippen LogP contribution in [0.5, 0.6) is 0 Å². The lowest BCUT2D eigenvalue weighted by atomic mass is 10.1. The molecule has 3 aromatic rings. The molecule has 4 rings (SSSR count). The number of carbonyl (C=O) groups excluding carboxylic acids is 2. The molecule has 1 N–H and O–H groups in total. The van der Waals surface area contributed by atoms with Crippen LogP contribution in [-0.2, 0) is 21.4 Å². The summed E-state index contributed by atoms with van der Waals surface area (Å²) in [5, 5.41) is 2.84. The number of nitrogens with zero attached hydrogens (tertiary/aromatic N) is 2. The molecule has 0 radical (unpaired) electrons. The highest BCUT2D eigenvalue weighted by atomic mass is 32.2. The fraction of sp³-hybridized carbons (Fsp3) is 0.231. The van der Waals surface area contributed by atoms with Crippen molar-refractivity contribution < 1.29 is 18.0 Å². The molecule has 0 saturated carbocycles. The second-order valence-corrected chi connectivity index (χ2v) is 10.4. The molecule has 176 valence electrons. The van der Waals surface area contributed by atoms with Crippen molar-refractivity contribution in [3.8, 4) is 0 Å². The number of amides is 2. The average molecular weight is 478 g/mol. The largest absolute Gasteiger partial charge is 0.322 e. The minimum atomic E-state index is -3.52. The summed E-state index contributed by atoms with van der Waals surface area (Å²) in [6.45, 7) is 2.90. The van der Waals surface area contributed by atoms with Gasteiger partial charge in [0.15, 0.2) is 0 Å². The Morgan fingerprint density at radius 3 is 2.18 bits per heavy atom. The van der Waals surface area contributed by atoms with Crippen molar-refractivity contribution in [3.63, 3.8) is 0 Å². The van der Waals surface area contributed by atoms with Crippen LogP contribution in [-0.4, -0.2) is 33.0 Å². The van der Waals surface area contributed by atoms with Gasteiger partial charge in [-0.2, -0.15) is 0 Å². The Balaban J connectivity index is 1.45. The third kappa shape index (κ3) is 5.46. The van der Waals surface area contributed by atoms with Crippen LogP contribution in [0.15, 0.2) is 72.8 Å². The van der Waals surface area contributed by atoms with Crippen molar-refractivity contribution in [2.75, 3.05) is 27.3 Å². The molecule has 1 heterocycles. The van der Waals surface area contributed by atoms with E-state index in [0.29, 0.717) is 29.9 Å². The number of rotatable bonds is 7. The maximum Gasteiger partial charge on any atom is 0.255 e. The number of benzene rings is 3. The molecule has 0 aromatic heterocycles. The van der Waals surface area contributed by atoms with Gasteiger partial charge in [0.05, 0.1) is 18.5 Å². The third-order valence-corrected chi connectivity index (χ3v) is 6.92. The summed E-state index contributed by atoms with van der Waals surface area (Å²) in [6.07, 6.45) is 2.59. The van der Waals surface area contributed by atoms with Crippen LogP contribution in [0.25, 0.3) is 0 Å². The van der Waals surface area contributed by atoms with E-state index in [4.69, 9.17) is 0 Å². The van der Waals surface area contributed by atoms with E-state index in [9.17, 15) is 18.0 Å². The van der Waals surface area contributed by atoms with Crippen LogP contribution >= 0.6 is 0 Å². The van der Waals surface area contributed by atoms with Crippen LogP contribution < -0.4 is 14.5 Å². The summed E-state index contributed by atoms with van der Waals surface area (Å²) in [5.74, 6) is -0.191. The highest BCUT2D eigenvalue weighted by Gasteiger charge is 2.22. The highest BCUT2D eigenvalue weighted by Crippen LogP contribution is 2.24. The zero-order valence-electron chi connectivity index (χ0n) is 19.2. The summed E-state index contributed by atoms with van der Waals surface area (Å²) in [5.41, 5.74) is 4.30. The molecule has 1 aliphatic rings. The lowest BCUT2D eigenvalue weighted by molar-refractivity contribution is -0.117. The Hall–Kier alpha value is -3.65. The standard InChI is InChI=1S/C26H27N3O4S/c1-19-5-7-20(8-6-19)18-29(34(2,32)33)24-13-9-21(10-14-24)26(31)27-22-11-15-23(16-12-22)28-17-3-4-25(28)30/h5-16H,3-4,17-18H2,1-2H3,(H,27,31). The zero-order valence-corrected chi connectivity index (χ0v) is 20.0. The van der Waals surface area contributed by atoms with Gasteiger partial charge in [0.25, 0.3) is 5.91 Å². The smallest absolute Gasteiger partial charge is 0.255 e. The summed E-state index contributed by atoms with van der Waals surface area (Å²) in [4.78, 5) is 26.3. The Morgan fingerprint density at radius 2 is 1.62 bits per heavy atom. The van der Waals surface area contributed by atoms with Gasteiger partial charge in [0.1, 0.15) is 0 Å². The lowest BCUT2D eigenvalue weighted by Crippen LogP contribution is -2.29. The molecule has 1 fully saturated rings. The first kappa shape index (κ1) is 23.5. The first-order valence-electron chi connectivity index (χ1n) is 11.1. The minimum absolute atomic E-state index is 0.113. The van der Waals surface area contributed by atoms with E-state index in [1.165, 1.54) is 10.6 Å². The monoisotopic (exact) mass is 477 g/mol. The number of hydrogen-bond acceptors (Lipinski definition) is 4. The quantitative estimate of drug-likeness (QED) is 0.548. The number of sulfonamides is 1. The van der Waals surface area contributed by atoms with E-state index in [1.807, 2.05) is 43.3 Å². The molecule has 2 amide bonds. The van der Waals surface area contributed by atoms with Gasteiger partial charge in [-0.15, -0.1) is 0 Å². The summed E-state index contributed by atoms with van der Waals surface area (Å²) < 4.78 is 26.2. The topological polar surface area (TPSA) is 86.8 Å². The Kier molecular flexibility index (Phi) is 6.70. The van der Waals surface area contributed by atoms with Gasteiger partial charge >= 0.3 is 0 Å². The number of nitrogens with one attached hydrogen (secondary N) is 1. The summed E-state index contributed by atoms with van der Waals surface area (Å²) in [7, 11) is -3.52. The van der Waals surface area contributed by atoms with E-state index in [-0.39, 0.29) is 18.4 Å². The van der Waals surface area contributed by atoms with Crippen LogP contribution in [0, 0.1) is 6.92 Å². The summed E-state index contributed by atoms with van der Waals surface area (Å²) in [6, 6.07) is 21.3. The van der Waals surface area contributed by atoms with Crippen molar-refractivity contribution in [1.29, 1.82) is 0 Å². The number of hydrogen-bond donors (Lipinski definition) is 1. The van der Waals surface area contributed by atoms with Crippen LogP contribution in [0.1, 0.15) is 34.3 Å². The Morgan fingerprint density at radius 1 is 0.971 bits per heavy atom. The summed E-state index contributed by atoms with van der Waals surface area (Å²) >= 11 is 0. The average Bonchev–Trinajstić information content (AvgIpc) is 3.24. The molecule has 0 atom stereocenters. The van der Waals surface area contributed by atoms with Gasteiger partial charge < -0.3 is 10.2 Å². The van der Waals surface area contributed by atoms with Gasteiger partial charge in [-0.25, -0.2) is 8.42 Å². The van der Waals surface area contributed by atoms with Gasteiger partial charge in [-0.05, 0) is 67.4 Å². The number of carbonyl (C=O) groups is 2. The van der Waals surface area contributed by atoms with E-state index in [0.717, 1.165) is 23.2 Å². The normalized spacial score (nSPS) is 13.7. The SMILES string of the molecule is Cc1ccc(CN(c2ccc(C(=O)Nc3ccc(N4CCCC4=O)cc3)cc2)S(C)(=O)=O)cc1. The van der Waals surface area contributed by atoms with Crippen molar-refractivity contribution in [2.24, 2.45) is 0 Å². The molecule has 1 aliphatic heterocycles. The maximum atomic E-state index is 12.7. The minimum Gasteiger partial charge on any atom is -0.322 e. The van der Waals surface area contributed by atoms with E-state index in [2.05, 4.69) is 5.32 Å². The van der Waals surface area contributed by atoms with Crippen molar-refractivity contribution in [2.45, 2.75) is 26.3 Å². The lowest BCUT2D eigenvalue weighted by Gasteiger charge is -2.23. The zero-order chi connectivity index (χ0) is 24.3. The van der Waals surface area contributed by atoms with E-state index < -0.39 is 10.0 Å². The first-order chi connectivity index (χ1) is 16.2. The third-order valence-electron chi connectivity index (χ3n) is 5.77. The van der Waals surface area contributed by atoms with E-state index in [1.54, 1.807) is 41.3 Å². The predicted molar refractivity (Wildman–Crippen MR) is 135 cm³/mol. The van der Waals surface area contributed by atoms with Gasteiger partial charge in [0.2, 0.25) is 15.9 Å². The fourth-order valence-electron chi connectivity index (χ4n) is 3.89. The Labute approximate surface area is 200 Å². The maximum absolute atomic E-state index is 12.7. The predicted octanol–water partition coefficient (Wildman–Crippen LogP) is 4.34. The van der Waals surface area contributed by atoms with Crippen LogP contribution in [0.2, 0.25) is 0 Å². The Bertz CT molecular complexity index is 1290. The van der Waals surface area contributed by atoms with Crippen LogP contribution in [0.4, 0.5) is 17.1 Å². The molecule has 8 heteroatoms. The van der Waals surface area contributed by atoms with Gasteiger partial charge in [0, 0.05) is 29.9 Å². The molecular formula is C26H27N3O4S. The van der Waals surface area contributed by atoms with E-state index >= 15 is 0 Å². The molecule has 1 saturated heterocycles. The highest BCUT2D eigenvalue weighted by molar-refractivity contribution is 7.92. The second kappa shape index (κ2) is 9.69. The molecule has 3 aromatic carbocycles. The molecule has 7 nitrogen and oxygen atoms in total. The number of aryl methyl sites for hydroxylation is 1. The molecule has 34 heavy (non-hydrogen) atoms. The van der Waals surface area contributed by atoms with Gasteiger partial charge in [-0.3, -0.25) is 13.9 Å². The van der Waals surface area contributed by atoms with Crippen LogP contribution in [0.3, 0.4) is 0 Å². The molecule has 0 spiro atoms. The fourth-order valence-corrected chi connectivity index (χ4v) is 4.78.